The van der Waals surface area contributed by atoms with Crippen LogP contribution in [0, 0.1) is 6.92 Å². The molecule has 1 N–H and O–H groups in total. The van der Waals surface area contributed by atoms with Crippen LogP contribution in [0.25, 0.3) is 0 Å². The number of hydrogen-bond donors (Lipinski definition) is 1. The van der Waals surface area contributed by atoms with Crippen LogP contribution in [-0.2, 0) is 13.0 Å². The molecule has 0 spiro atoms. The van der Waals surface area contributed by atoms with Crippen LogP contribution < -0.4 is 5.32 Å². The molecule has 0 aliphatic heterocycles. The lowest BCUT2D eigenvalue weighted by Gasteiger charge is -2.09. The van der Waals surface area contributed by atoms with Crippen LogP contribution in [0.15, 0.2) is 36.4 Å². The molecule has 0 fully saturated rings. The molecule has 0 radical (unpaired) electrons. The second kappa shape index (κ2) is 6.53. The molecule has 0 saturated heterocycles. The van der Waals surface area contributed by atoms with Gasteiger partial charge < -0.3 is 5.32 Å². The third-order valence-electron chi connectivity index (χ3n) is 3.17. The van der Waals surface area contributed by atoms with Crippen LogP contribution in [0.4, 0.5) is 0 Å². The SMILES string of the molecule is CCc1cc(C(=O)NCc2ccccc2C)cc(Cl)n1. The van der Waals surface area contributed by atoms with Crippen molar-refractivity contribution in [3.05, 3.63) is 63.9 Å². The zero-order chi connectivity index (χ0) is 14.5. The van der Waals surface area contributed by atoms with E-state index in [-0.39, 0.29) is 5.91 Å². The van der Waals surface area contributed by atoms with Gasteiger partial charge in [0.25, 0.3) is 5.91 Å². The molecule has 2 aromatic rings. The van der Waals surface area contributed by atoms with E-state index in [0.717, 1.165) is 23.2 Å². The van der Waals surface area contributed by atoms with Gasteiger partial charge in [0.2, 0.25) is 0 Å². The van der Waals surface area contributed by atoms with Gasteiger partial charge in [-0.1, -0.05) is 42.8 Å². The number of nitrogens with zero attached hydrogens (tertiary/aromatic N) is 1. The van der Waals surface area contributed by atoms with Gasteiger partial charge in [0.15, 0.2) is 0 Å². The summed E-state index contributed by atoms with van der Waals surface area (Å²) in [5, 5.41) is 3.26. The fourth-order valence-corrected chi connectivity index (χ4v) is 2.18. The Morgan fingerprint density at radius 3 is 2.75 bits per heavy atom. The van der Waals surface area contributed by atoms with Crippen molar-refractivity contribution in [3.63, 3.8) is 0 Å². The largest absolute Gasteiger partial charge is 0.348 e. The molecule has 1 heterocycles. The Balaban J connectivity index is 2.09. The Hall–Kier alpha value is -1.87. The van der Waals surface area contributed by atoms with Crippen molar-refractivity contribution >= 4 is 17.5 Å². The van der Waals surface area contributed by atoms with Gasteiger partial charge in [0.1, 0.15) is 5.15 Å². The van der Waals surface area contributed by atoms with E-state index in [1.54, 1.807) is 12.1 Å². The predicted octanol–water partition coefficient (Wildman–Crippen LogP) is 3.54. The summed E-state index contributed by atoms with van der Waals surface area (Å²) in [6.07, 6.45) is 0.749. The van der Waals surface area contributed by atoms with Crippen molar-refractivity contribution in [2.75, 3.05) is 0 Å². The number of pyridine rings is 1. The highest BCUT2D eigenvalue weighted by Gasteiger charge is 2.09. The Morgan fingerprint density at radius 1 is 1.30 bits per heavy atom. The van der Waals surface area contributed by atoms with Gasteiger partial charge in [-0.05, 0) is 36.6 Å². The second-order valence-corrected chi connectivity index (χ2v) is 5.02. The summed E-state index contributed by atoms with van der Waals surface area (Å²) in [5.74, 6) is -0.132. The first-order valence-electron chi connectivity index (χ1n) is 6.59. The quantitative estimate of drug-likeness (QED) is 0.875. The molecule has 1 amide bonds. The highest BCUT2D eigenvalue weighted by molar-refractivity contribution is 6.29. The van der Waals surface area contributed by atoms with Crippen molar-refractivity contribution in [3.8, 4) is 0 Å². The molecular weight excluding hydrogens is 272 g/mol. The molecule has 0 aliphatic carbocycles. The third-order valence-corrected chi connectivity index (χ3v) is 3.37. The summed E-state index contributed by atoms with van der Waals surface area (Å²) in [4.78, 5) is 16.3. The number of benzene rings is 1. The fourth-order valence-electron chi connectivity index (χ4n) is 1.95. The van der Waals surface area contributed by atoms with Gasteiger partial charge in [-0.3, -0.25) is 4.79 Å². The maximum Gasteiger partial charge on any atom is 0.251 e. The van der Waals surface area contributed by atoms with Gasteiger partial charge in [0.05, 0.1) is 0 Å². The topological polar surface area (TPSA) is 42.0 Å². The minimum Gasteiger partial charge on any atom is -0.348 e. The lowest BCUT2D eigenvalue weighted by Crippen LogP contribution is -2.23. The molecular formula is C16H17ClN2O. The maximum absolute atomic E-state index is 12.2. The number of aryl methyl sites for hydroxylation is 2. The van der Waals surface area contributed by atoms with E-state index in [2.05, 4.69) is 10.3 Å². The number of halogens is 1. The monoisotopic (exact) mass is 288 g/mol. The van der Waals surface area contributed by atoms with Gasteiger partial charge in [-0.2, -0.15) is 0 Å². The number of amides is 1. The standard InChI is InChI=1S/C16H17ClN2O/c1-3-14-8-13(9-15(17)19-14)16(20)18-10-12-7-5-4-6-11(12)2/h4-9H,3,10H2,1-2H3,(H,18,20). The molecule has 0 atom stereocenters. The molecule has 1 aromatic carbocycles. The zero-order valence-electron chi connectivity index (χ0n) is 11.6. The number of hydrogen-bond acceptors (Lipinski definition) is 2. The minimum absolute atomic E-state index is 0.132. The predicted molar refractivity (Wildman–Crippen MR) is 81.0 cm³/mol. The molecule has 104 valence electrons. The molecule has 0 unspecified atom stereocenters. The first-order valence-corrected chi connectivity index (χ1v) is 6.97. The smallest absolute Gasteiger partial charge is 0.251 e. The van der Waals surface area contributed by atoms with Gasteiger partial charge in [-0.15, -0.1) is 0 Å². The van der Waals surface area contributed by atoms with Crippen LogP contribution in [0.2, 0.25) is 5.15 Å². The number of carbonyl (C=O) groups excluding carboxylic acids is 1. The second-order valence-electron chi connectivity index (χ2n) is 4.63. The molecule has 20 heavy (non-hydrogen) atoms. The average Bonchev–Trinajstić information content (AvgIpc) is 2.45. The van der Waals surface area contributed by atoms with Gasteiger partial charge in [-0.25, -0.2) is 4.98 Å². The minimum atomic E-state index is -0.132. The van der Waals surface area contributed by atoms with Crippen LogP contribution >= 0.6 is 11.6 Å². The van der Waals surface area contributed by atoms with E-state index in [1.165, 1.54) is 0 Å². The normalized spacial score (nSPS) is 10.3. The first-order chi connectivity index (χ1) is 9.60. The fraction of sp³-hybridized carbons (Fsp3) is 0.250. The summed E-state index contributed by atoms with van der Waals surface area (Å²) in [5.41, 5.74) is 3.64. The van der Waals surface area contributed by atoms with Crippen molar-refractivity contribution < 1.29 is 4.79 Å². The molecule has 0 saturated carbocycles. The lowest BCUT2D eigenvalue weighted by molar-refractivity contribution is 0.0950. The molecule has 0 bridgehead atoms. The van der Waals surface area contributed by atoms with Crippen molar-refractivity contribution in [1.82, 2.24) is 10.3 Å². The number of carbonyl (C=O) groups is 1. The average molecular weight is 289 g/mol. The summed E-state index contributed by atoms with van der Waals surface area (Å²) in [6.45, 7) is 4.51. The molecule has 1 aromatic heterocycles. The van der Waals surface area contributed by atoms with Crippen LogP contribution in [-0.4, -0.2) is 10.9 Å². The molecule has 3 nitrogen and oxygen atoms in total. The molecule has 2 rings (SSSR count). The Bertz CT molecular complexity index is 626. The first kappa shape index (κ1) is 14.5. The summed E-state index contributed by atoms with van der Waals surface area (Å²) in [7, 11) is 0. The number of rotatable bonds is 4. The van der Waals surface area contributed by atoms with Crippen LogP contribution in [0.1, 0.15) is 34.1 Å². The molecule has 0 aliphatic rings. The number of nitrogens with one attached hydrogen (secondary N) is 1. The van der Waals surface area contributed by atoms with Crippen LogP contribution in [0.5, 0.6) is 0 Å². The Morgan fingerprint density at radius 2 is 2.05 bits per heavy atom. The van der Waals surface area contributed by atoms with E-state index >= 15 is 0 Å². The zero-order valence-corrected chi connectivity index (χ0v) is 12.4. The maximum atomic E-state index is 12.2. The summed E-state index contributed by atoms with van der Waals surface area (Å²) in [6, 6.07) is 11.4. The van der Waals surface area contributed by atoms with E-state index in [0.29, 0.717) is 17.3 Å². The van der Waals surface area contributed by atoms with E-state index in [4.69, 9.17) is 11.6 Å². The number of aromatic nitrogens is 1. The van der Waals surface area contributed by atoms with Gasteiger partial charge >= 0.3 is 0 Å². The third kappa shape index (κ3) is 3.58. The highest BCUT2D eigenvalue weighted by Crippen LogP contribution is 2.12. The molecule has 4 heteroatoms. The van der Waals surface area contributed by atoms with E-state index in [9.17, 15) is 4.79 Å². The van der Waals surface area contributed by atoms with Crippen molar-refractivity contribution in [2.24, 2.45) is 0 Å². The Kier molecular flexibility index (Phi) is 4.74. The Labute approximate surface area is 124 Å². The van der Waals surface area contributed by atoms with Crippen molar-refractivity contribution in [2.45, 2.75) is 26.8 Å². The van der Waals surface area contributed by atoms with E-state index in [1.807, 2.05) is 38.1 Å². The summed E-state index contributed by atoms with van der Waals surface area (Å²) >= 11 is 5.92. The summed E-state index contributed by atoms with van der Waals surface area (Å²) < 4.78 is 0. The highest BCUT2D eigenvalue weighted by atomic mass is 35.5. The van der Waals surface area contributed by atoms with Crippen molar-refractivity contribution in [1.29, 1.82) is 0 Å². The van der Waals surface area contributed by atoms with E-state index < -0.39 is 0 Å². The lowest BCUT2D eigenvalue weighted by atomic mass is 10.1. The van der Waals surface area contributed by atoms with Crippen LogP contribution in [0.3, 0.4) is 0 Å². The van der Waals surface area contributed by atoms with Gasteiger partial charge in [0, 0.05) is 17.8 Å².